The van der Waals surface area contributed by atoms with Crippen molar-refractivity contribution in [3.8, 4) is 0 Å². The van der Waals surface area contributed by atoms with Crippen molar-refractivity contribution in [2.75, 3.05) is 0 Å². The number of rotatable bonds is 6. The molecule has 0 bridgehead atoms. The van der Waals surface area contributed by atoms with E-state index in [1.807, 2.05) is 0 Å². The van der Waals surface area contributed by atoms with Crippen molar-refractivity contribution >= 4 is 23.2 Å². The van der Waals surface area contributed by atoms with E-state index in [4.69, 9.17) is 0 Å². The second-order valence-electron chi connectivity index (χ2n) is 6.85. The van der Waals surface area contributed by atoms with Gasteiger partial charge in [0.2, 0.25) is 0 Å². The van der Waals surface area contributed by atoms with Crippen LogP contribution < -0.4 is 10.2 Å². The van der Waals surface area contributed by atoms with Gasteiger partial charge in [-0.25, -0.2) is 0 Å². The molecule has 0 aliphatic rings. The van der Waals surface area contributed by atoms with Crippen LogP contribution in [0, 0.1) is 0 Å². The molecule has 0 saturated heterocycles. The maximum atomic E-state index is 11.6. The topological polar surface area (TPSA) is 173 Å². The molecule has 0 unspecified atom stereocenters. The molecule has 1 radical (unpaired) electrons. The molecular weight excluding hydrogens is 515 g/mol. The molecule has 0 aliphatic carbocycles. The predicted octanol–water partition coefficient (Wildman–Crippen LogP) is 0.803. The Morgan fingerprint density at radius 2 is 0.973 bits per heavy atom. The van der Waals surface area contributed by atoms with Crippen LogP contribution in [0.4, 0.5) is 0 Å². The average molecular weight is 535 g/mol. The van der Waals surface area contributed by atoms with E-state index in [9.17, 15) is 10.2 Å². The van der Waals surface area contributed by atoms with Crippen molar-refractivity contribution in [2.45, 2.75) is 13.8 Å². The van der Waals surface area contributed by atoms with E-state index in [1.165, 1.54) is 12.4 Å². The minimum atomic E-state index is -0.439. The number of aromatic nitrogens is 6. The average Bonchev–Trinajstić information content (AvgIpc) is 2.96. The molecule has 0 aromatic carbocycles. The maximum absolute atomic E-state index is 11.6. The summed E-state index contributed by atoms with van der Waals surface area (Å²) in [4.78, 5) is 23.6. The minimum Gasteiger partial charge on any atom is -0.857 e. The first kappa shape index (κ1) is 28.5. The Balaban J connectivity index is 0.000000253. The van der Waals surface area contributed by atoms with Gasteiger partial charge in [-0.05, 0) is 26.0 Å². The SMILES string of the molecule is C/C(=N\N=C(/[O-])c1cccnc1)c1cnccn1.C/C(=N\N=C(/[O-])c1cccnc1)c1cnccn1.[Mn+2]. The second-order valence-corrected chi connectivity index (χ2v) is 6.85. The summed E-state index contributed by atoms with van der Waals surface area (Å²) < 4.78 is 0. The molecule has 185 valence electrons. The first-order chi connectivity index (χ1) is 17.5. The van der Waals surface area contributed by atoms with Gasteiger partial charge < -0.3 is 10.2 Å². The van der Waals surface area contributed by atoms with Crippen molar-refractivity contribution in [1.29, 1.82) is 0 Å². The fourth-order valence-corrected chi connectivity index (χ4v) is 2.41. The van der Waals surface area contributed by atoms with Crippen molar-refractivity contribution in [1.82, 2.24) is 29.9 Å². The van der Waals surface area contributed by atoms with E-state index in [2.05, 4.69) is 50.3 Å². The largest absolute Gasteiger partial charge is 2.00 e. The van der Waals surface area contributed by atoms with E-state index in [0.29, 0.717) is 33.9 Å². The molecule has 4 rings (SSSR count). The predicted molar refractivity (Wildman–Crippen MR) is 130 cm³/mol. The Morgan fingerprint density at radius 3 is 1.30 bits per heavy atom. The van der Waals surface area contributed by atoms with Gasteiger partial charge in [0.15, 0.2) is 0 Å². The molecule has 0 N–H and O–H groups in total. The van der Waals surface area contributed by atoms with Crippen LogP contribution in [0.5, 0.6) is 0 Å². The number of pyridine rings is 2. The van der Waals surface area contributed by atoms with Crippen LogP contribution in [0.3, 0.4) is 0 Å². The first-order valence-corrected chi connectivity index (χ1v) is 10.5. The normalized spacial score (nSPS) is 12.2. The first-order valence-electron chi connectivity index (χ1n) is 10.5. The summed E-state index contributed by atoms with van der Waals surface area (Å²) in [5.74, 6) is -0.877. The molecule has 4 aromatic heterocycles. The molecule has 4 heterocycles. The van der Waals surface area contributed by atoms with Gasteiger partial charge in [-0.3, -0.25) is 29.9 Å². The third kappa shape index (κ3) is 9.43. The zero-order valence-electron chi connectivity index (χ0n) is 19.7. The van der Waals surface area contributed by atoms with Crippen LogP contribution in [0.25, 0.3) is 0 Å². The molecule has 37 heavy (non-hydrogen) atoms. The standard InChI is InChI=1S/2C12H11N5O.Mn/c2*1-9(11-8-14-5-6-15-11)16-17-12(18)10-3-2-4-13-7-10;/h2*2-8H,1H3,(H,17,18);/q;;+2/p-2/b2*16-9+;. The minimum absolute atomic E-state index is 0. The molecule has 0 aliphatic heterocycles. The number of hydrogen-bond acceptors (Lipinski definition) is 12. The summed E-state index contributed by atoms with van der Waals surface area (Å²) in [6.07, 6.45) is 15.4. The van der Waals surface area contributed by atoms with Crippen molar-refractivity contribution < 1.29 is 27.3 Å². The Kier molecular flexibility index (Phi) is 11.8. The van der Waals surface area contributed by atoms with Gasteiger partial charge in [-0.15, -0.1) is 0 Å². The Bertz CT molecular complexity index is 1140. The molecule has 0 amide bonds. The molecular formula is C24H20MnN10O2. The molecule has 0 saturated carbocycles. The quantitative estimate of drug-likeness (QED) is 0.151. The van der Waals surface area contributed by atoms with Crippen LogP contribution in [-0.4, -0.2) is 53.1 Å². The summed E-state index contributed by atoms with van der Waals surface area (Å²) in [6.45, 7) is 3.42. The van der Waals surface area contributed by atoms with Gasteiger partial charge in [0.1, 0.15) is 11.4 Å². The second kappa shape index (κ2) is 15.3. The molecule has 12 nitrogen and oxygen atoms in total. The zero-order chi connectivity index (χ0) is 25.6. The summed E-state index contributed by atoms with van der Waals surface area (Å²) in [5, 5.41) is 38.2. The van der Waals surface area contributed by atoms with E-state index >= 15 is 0 Å². The molecule has 13 heteroatoms. The summed E-state index contributed by atoms with van der Waals surface area (Å²) >= 11 is 0. The van der Waals surface area contributed by atoms with Gasteiger partial charge in [-0.1, -0.05) is 12.1 Å². The van der Waals surface area contributed by atoms with E-state index in [-0.39, 0.29) is 17.1 Å². The Hall–Kier alpha value is -4.74. The zero-order valence-corrected chi connectivity index (χ0v) is 20.9. The van der Waals surface area contributed by atoms with Crippen LogP contribution in [0.1, 0.15) is 36.4 Å². The van der Waals surface area contributed by atoms with Gasteiger partial charge in [0, 0.05) is 72.5 Å². The summed E-state index contributed by atoms with van der Waals surface area (Å²) in [7, 11) is 0. The number of nitrogens with zero attached hydrogens (tertiary/aromatic N) is 10. The van der Waals surface area contributed by atoms with E-state index in [1.54, 1.807) is 87.7 Å². The smallest absolute Gasteiger partial charge is 0.857 e. The summed E-state index contributed by atoms with van der Waals surface area (Å²) in [5.41, 5.74) is 3.02. The van der Waals surface area contributed by atoms with Crippen LogP contribution >= 0.6 is 0 Å². The Labute approximate surface area is 223 Å². The van der Waals surface area contributed by atoms with Gasteiger partial charge in [0.25, 0.3) is 0 Å². The third-order valence-corrected chi connectivity index (χ3v) is 4.27. The fourth-order valence-electron chi connectivity index (χ4n) is 2.41. The summed E-state index contributed by atoms with van der Waals surface area (Å²) in [6, 6.07) is 6.60. The van der Waals surface area contributed by atoms with Crippen molar-refractivity contribution in [3.05, 3.63) is 109 Å². The van der Waals surface area contributed by atoms with Gasteiger partial charge in [-0.2, -0.15) is 20.4 Å². The molecule has 0 spiro atoms. The number of hydrogen-bond donors (Lipinski definition) is 0. The Morgan fingerprint density at radius 1 is 0.568 bits per heavy atom. The fraction of sp³-hybridized carbons (Fsp3) is 0.0833. The molecule has 4 aromatic rings. The van der Waals surface area contributed by atoms with Crippen molar-refractivity contribution in [3.63, 3.8) is 0 Å². The van der Waals surface area contributed by atoms with Gasteiger partial charge >= 0.3 is 17.1 Å². The van der Waals surface area contributed by atoms with Crippen molar-refractivity contribution in [2.24, 2.45) is 20.4 Å². The monoisotopic (exact) mass is 535 g/mol. The van der Waals surface area contributed by atoms with E-state index in [0.717, 1.165) is 0 Å². The van der Waals surface area contributed by atoms with E-state index < -0.39 is 11.8 Å². The van der Waals surface area contributed by atoms with Crippen LogP contribution in [-0.2, 0) is 17.1 Å². The van der Waals surface area contributed by atoms with Crippen LogP contribution in [0.2, 0.25) is 0 Å². The molecule has 0 atom stereocenters. The third-order valence-electron chi connectivity index (χ3n) is 4.27. The van der Waals surface area contributed by atoms with Gasteiger partial charge in [0.05, 0.1) is 23.8 Å². The molecule has 0 fully saturated rings. The van der Waals surface area contributed by atoms with Crippen LogP contribution in [0.15, 0.2) is 107 Å². The maximum Gasteiger partial charge on any atom is 2.00 e.